The van der Waals surface area contributed by atoms with E-state index in [1.807, 2.05) is 0 Å². The van der Waals surface area contributed by atoms with Gasteiger partial charge in [-0.1, -0.05) is 29.3 Å². The lowest BCUT2D eigenvalue weighted by molar-refractivity contribution is -0.115. The van der Waals surface area contributed by atoms with Gasteiger partial charge in [0, 0.05) is 22.8 Å². The number of ether oxygens (including phenoxy) is 1. The van der Waals surface area contributed by atoms with Gasteiger partial charge in [-0.25, -0.2) is 9.37 Å². The molecule has 0 atom stereocenters. The van der Waals surface area contributed by atoms with Gasteiger partial charge in [-0.3, -0.25) is 10.1 Å². The Balaban J connectivity index is 1.41. The van der Waals surface area contributed by atoms with Gasteiger partial charge in [-0.15, -0.1) is 11.3 Å². The first kappa shape index (κ1) is 22.8. The number of hydrogen-bond donors (Lipinski definition) is 2. The predicted octanol–water partition coefficient (Wildman–Crippen LogP) is 5.80. The number of thiazole rings is 1. The summed E-state index contributed by atoms with van der Waals surface area (Å²) in [4.78, 5) is 29.8. The van der Waals surface area contributed by atoms with E-state index in [0.717, 1.165) is 0 Å². The molecule has 4 aromatic rings. The SMILES string of the molecule is Cc1nc(Nc2ncc(CC(=O)Nc3cccc(F)c3)s2)nc(Oc2ccc(Cl)c(Cl)c2)n1. The Labute approximate surface area is 201 Å². The fraction of sp³-hybridized carbons (Fsp3) is 0.0952. The summed E-state index contributed by atoms with van der Waals surface area (Å²) in [6, 6.07) is 10.6. The standard InChI is InChI=1S/C21H15Cl2FN6O2S/c1-11-26-19(29-20(27-11)32-14-5-6-16(22)17(23)8-14)30-21-25-10-15(33-21)9-18(31)28-13-4-2-3-12(24)7-13/h2-8,10H,9H2,1H3,(H,28,31)(H,25,26,27,29,30). The maximum absolute atomic E-state index is 13.3. The molecule has 0 unspecified atom stereocenters. The van der Waals surface area contributed by atoms with Crippen molar-refractivity contribution in [3.05, 3.63) is 75.2 Å². The van der Waals surface area contributed by atoms with Crippen molar-refractivity contribution in [1.29, 1.82) is 0 Å². The van der Waals surface area contributed by atoms with Crippen LogP contribution in [0.15, 0.2) is 48.7 Å². The van der Waals surface area contributed by atoms with Crippen molar-refractivity contribution in [1.82, 2.24) is 19.9 Å². The molecule has 0 aliphatic heterocycles. The molecule has 8 nitrogen and oxygen atoms in total. The number of nitrogens with zero attached hydrogens (tertiary/aromatic N) is 4. The van der Waals surface area contributed by atoms with Crippen molar-refractivity contribution < 1.29 is 13.9 Å². The molecule has 0 saturated heterocycles. The van der Waals surface area contributed by atoms with Crippen molar-refractivity contribution in [2.75, 3.05) is 10.6 Å². The van der Waals surface area contributed by atoms with Crippen LogP contribution in [0.4, 0.5) is 21.2 Å². The Hall–Kier alpha value is -3.34. The number of carbonyl (C=O) groups is 1. The van der Waals surface area contributed by atoms with E-state index in [-0.39, 0.29) is 24.3 Å². The molecule has 2 heterocycles. The number of aryl methyl sites for hydroxylation is 1. The molecule has 12 heteroatoms. The van der Waals surface area contributed by atoms with Crippen LogP contribution in [-0.2, 0) is 11.2 Å². The highest BCUT2D eigenvalue weighted by atomic mass is 35.5. The van der Waals surface area contributed by atoms with Crippen LogP contribution in [0, 0.1) is 12.7 Å². The lowest BCUT2D eigenvalue weighted by Crippen LogP contribution is -2.13. The number of amides is 1. The molecule has 2 N–H and O–H groups in total. The van der Waals surface area contributed by atoms with Crippen LogP contribution >= 0.6 is 34.5 Å². The molecule has 0 bridgehead atoms. The monoisotopic (exact) mass is 504 g/mol. The van der Waals surface area contributed by atoms with E-state index in [1.165, 1.54) is 29.5 Å². The van der Waals surface area contributed by atoms with E-state index in [2.05, 4.69) is 30.6 Å². The van der Waals surface area contributed by atoms with E-state index in [9.17, 15) is 9.18 Å². The zero-order valence-corrected chi connectivity index (χ0v) is 19.3. The van der Waals surface area contributed by atoms with Crippen LogP contribution < -0.4 is 15.4 Å². The van der Waals surface area contributed by atoms with Gasteiger partial charge in [-0.05, 0) is 37.3 Å². The summed E-state index contributed by atoms with van der Waals surface area (Å²) in [5.74, 6) is 0.356. The number of benzene rings is 2. The number of anilines is 3. The van der Waals surface area contributed by atoms with E-state index in [1.54, 1.807) is 37.4 Å². The molecule has 1 amide bonds. The lowest BCUT2D eigenvalue weighted by Gasteiger charge is -2.07. The third kappa shape index (κ3) is 6.35. The Morgan fingerprint density at radius 2 is 1.97 bits per heavy atom. The summed E-state index contributed by atoms with van der Waals surface area (Å²) in [7, 11) is 0. The second-order valence-electron chi connectivity index (χ2n) is 6.66. The summed E-state index contributed by atoms with van der Waals surface area (Å²) < 4.78 is 18.9. The number of rotatable bonds is 7. The first-order valence-electron chi connectivity index (χ1n) is 9.47. The molecule has 0 aliphatic carbocycles. The minimum absolute atomic E-state index is 0.0645. The van der Waals surface area contributed by atoms with Crippen LogP contribution in [0.2, 0.25) is 10.0 Å². The molecule has 0 aliphatic rings. The Kier molecular flexibility index (Phi) is 6.97. The highest BCUT2D eigenvalue weighted by Gasteiger charge is 2.12. The summed E-state index contributed by atoms with van der Waals surface area (Å²) >= 11 is 13.2. The number of aromatic nitrogens is 4. The second kappa shape index (κ2) is 10.1. The van der Waals surface area contributed by atoms with Gasteiger partial charge in [0.25, 0.3) is 0 Å². The van der Waals surface area contributed by atoms with Crippen molar-refractivity contribution >= 4 is 57.2 Å². The summed E-state index contributed by atoms with van der Waals surface area (Å²) in [6.45, 7) is 1.69. The number of nitrogens with one attached hydrogen (secondary N) is 2. The highest BCUT2D eigenvalue weighted by molar-refractivity contribution is 7.15. The minimum atomic E-state index is -0.424. The fourth-order valence-corrected chi connectivity index (χ4v) is 3.77. The van der Waals surface area contributed by atoms with Crippen LogP contribution in [0.25, 0.3) is 0 Å². The summed E-state index contributed by atoms with van der Waals surface area (Å²) in [5.41, 5.74) is 0.387. The van der Waals surface area contributed by atoms with E-state index in [0.29, 0.717) is 37.3 Å². The molecule has 2 aromatic heterocycles. The van der Waals surface area contributed by atoms with Gasteiger partial charge in [0.2, 0.25) is 11.9 Å². The highest BCUT2D eigenvalue weighted by Crippen LogP contribution is 2.29. The van der Waals surface area contributed by atoms with E-state index >= 15 is 0 Å². The molecule has 33 heavy (non-hydrogen) atoms. The molecular weight excluding hydrogens is 490 g/mol. The zero-order valence-electron chi connectivity index (χ0n) is 17.0. The van der Waals surface area contributed by atoms with Crippen LogP contribution in [0.1, 0.15) is 10.7 Å². The molecular formula is C21H15Cl2FN6O2S. The Bertz CT molecular complexity index is 1320. The molecule has 0 radical (unpaired) electrons. The molecule has 2 aromatic carbocycles. The number of hydrogen-bond acceptors (Lipinski definition) is 8. The molecule has 0 spiro atoms. The van der Waals surface area contributed by atoms with Gasteiger partial charge < -0.3 is 10.1 Å². The normalized spacial score (nSPS) is 10.7. The third-order valence-electron chi connectivity index (χ3n) is 4.04. The fourth-order valence-electron chi connectivity index (χ4n) is 2.68. The van der Waals surface area contributed by atoms with Crippen LogP contribution in [-0.4, -0.2) is 25.8 Å². The number of halogens is 3. The van der Waals surface area contributed by atoms with E-state index < -0.39 is 5.82 Å². The number of carbonyl (C=O) groups excluding carboxylic acids is 1. The molecule has 0 saturated carbocycles. The maximum Gasteiger partial charge on any atom is 0.327 e. The topological polar surface area (TPSA) is 102 Å². The molecule has 0 fully saturated rings. The maximum atomic E-state index is 13.3. The quantitative estimate of drug-likeness (QED) is 0.327. The zero-order chi connectivity index (χ0) is 23.4. The average Bonchev–Trinajstić information content (AvgIpc) is 3.16. The van der Waals surface area contributed by atoms with Gasteiger partial charge in [0.15, 0.2) is 5.13 Å². The van der Waals surface area contributed by atoms with Crippen molar-refractivity contribution in [2.24, 2.45) is 0 Å². The summed E-state index contributed by atoms with van der Waals surface area (Å²) in [5, 5.41) is 6.86. The molecule has 4 rings (SSSR count). The van der Waals surface area contributed by atoms with Crippen molar-refractivity contribution in [2.45, 2.75) is 13.3 Å². The largest absolute Gasteiger partial charge is 0.424 e. The van der Waals surface area contributed by atoms with Crippen molar-refractivity contribution in [3.8, 4) is 11.8 Å². The minimum Gasteiger partial charge on any atom is -0.424 e. The van der Waals surface area contributed by atoms with Crippen molar-refractivity contribution in [3.63, 3.8) is 0 Å². The van der Waals surface area contributed by atoms with Gasteiger partial charge >= 0.3 is 6.01 Å². The van der Waals surface area contributed by atoms with Gasteiger partial charge in [0.05, 0.1) is 16.5 Å². The third-order valence-corrected chi connectivity index (χ3v) is 5.69. The van der Waals surface area contributed by atoms with Crippen LogP contribution in [0.3, 0.4) is 0 Å². The molecule has 168 valence electrons. The van der Waals surface area contributed by atoms with Gasteiger partial charge in [-0.2, -0.15) is 15.0 Å². The first-order chi connectivity index (χ1) is 15.8. The summed E-state index contributed by atoms with van der Waals surface area (Å²) in [6.07, 6.45) is 1.65. The Morgan fingerprint density at radius 1 is 1.12 bits per heavy atom. The Morgan fingerprint density at radius 3 is 2.76 bits per heavy atom. The predicted molar refractivity (Wildman–Crippen MR) is 125 cm³/mol. The lowest BCUT2D eigenvalue weighted by atomic mass is 10.3. The van der Waals surface area contributed by atoms with Crippen LogP contribution in [0.5, 0.6) is 11.8 Å². The average molecular weight is 505 g/mol. The second-order valence-corrected chi connectivity index (χ2v) is 8.59. The van der Waals surface area contributed by atoms with Gasteiger partial charge in [0.1, 0.15) is 17.4 Å². The smallest absolute Gasteiger partial charge is 0.327 e. The first-order valence-corrected chi connectivity index (χ1v) is 11.0. The van der Waals surface area contributed by atoms with E-state index in [4.69, 9.17) is 27.9 Å².